The lowest BCUT2D eigenvalue weighted by atomic mass is 9.90. The van der Waals surface area contributed by atoms with E-state index in [9.17, 15) is 0 Å². The second-order valence-corrected chi connectivity index (χ2v) is 20.9. The molecule has 2 aliphatic rings. The van der Waals surface area contributed by atoms with Crippen LogP contribution in [0.4, 0.5) is 22.7 Å². The summed E-state index contributed by atoms with van der Waals surface area (Å²) in [6.07, 6.45) is 5.83. The van der Waals surface area contributed by atoms with Crippen LogP contribution < -0.4 is 19.6 Å². The normalized spacial score (nSPS) is 13.5. The minimum Gasteiger partial charge on any atom is -0.325 e. The highest BCUT2D eigenvalue weighted by Crippen LogP contribution is 2.38. The van der Waals surface area contributed by atoms with Gasteiger partial charge in [-0.1, -0.05) is 182 Å². The minimum absolute atomic E-state index is 0.810. The fraction of sp³-hybridized carbons (Fsp3) is 0.137. The van der Waals surface area contributed by atoms with Gasteiger partial charge in [0, 0.05) is 62.9 Å². The summed E-state index contributed by atoms with van der Waals surface area (Å²) < 4.78 is 0. The number of pyridine rings is 1. The van der Waals surface area contributed by atoms with Crippen molar-refractivity contribution in [2.24, 2.45) is 0 Å². The number of para-hydroxylation sites is 2. The molecule has 0 N–H and O–H groups in total. The fourth-order valence-electron chi connectivity index (χ4n) is 11.3. The van der Waals surface area contributed by atoms with Gasteiger partial charge in [0.25, 0.3) is 0 Å². The van der Waals surface area contributed by atoms with Crippen LogP contribution in [0.15, 0.2) is 272 Å². The molecule has 5 nitrogen and oxygen atoms in total. The summed E-state index contributed by atoms with van der Waals surface area (Å²) in [7, 11) is 0. The van der Waals surface area contributed by atoms with Gasteiger partial charge in [0.2, 0.25) is 0 Å². The van der Waals surface area contributed by atoms with Gasteiger partial charge >= 0.3 is 0 Å². The van der Waals surface area contributed by atoms with Crippen LogP contribution in [0.2, 0.25) is 0 Å². The van der Waals surface area contributed by atoms with E-state index in [-0.39, 0.29) is 0 Å². The first-order valence-corrected chi connectivity index (χ1v) is 27.5. The first-order chi connectivity index (χ1) is 38.3. The van der Waals surface area contributed by atoms with Crippen molar-refractivity contribution < 1.29 is 0 Å². The van der Waals surface area contributed by atoms with Crippen LogP contribution in [0.25, 0.3) is 55.8 Å². The molecule has 9 aromatic carbocycles. The van der Waals surface area contributed by atoms with E-state index in [2.05, 4.69) is 290 Å². The van der Waals surface area contributed by atoms with E-state index in [4.69, 9.17) is 4.98 Å². The molecule has 3 heterocycles. The Hall–Kier alpha value is -9.19. The number of anilines is 4. The number of hydrogen-bond acceptors (Lipinski definition) is 5. The van der Waals surface area contributed by atoms with Crippen LogP contribution in [0, 0.1) is 0 Å². The van der Waals surface area contributed by atoms with Gasteiger partial charge in [-0.15, -0.1) is 0 Å². The van der Waals surface area contributed by atoms with Crippen LogP contribution in [-0.4, -0.2) is 18.3 Å². The molecule has 0 unspecified atom stereocenters. The van der Waals surface area contributed by atoms with E-state index in [1.807, 2.05) is 6.20 Å². The zero-order valence-corrected chi connectivity index (χ0v) is 45.2. The number of hydrogen-bond donors (Lipinski definition) is 0. The van der Waals surface area contributed by atoms with Crippen LogP contribution in [-0.2, 0) is 25.7 Å². The van der Waals surface area contributed by atoms with Crippen molar-refractivity contribution in [2.75, 3.05) is 32.9 Å². The predicted octanol–water partition coefficient (Wildman–Crippen LogP) is 18.1. The summed E-state index contributed by atoms with van der Waals surface area (Å²) in [6, 6.07) is 88.6. The van der Waals surface area contributed by atoms with E-state index in [1.54, 1.807) is 0 Å². The number of allylic oxidation sites excluding steroid dienone is 4. The highest BCUT2D eigenvalue weighted by molar-refractivity contribution is 5.84. The maximum atomic E-state index is 5.11. The Bertz CT molecular complexity index is 3610. The van der Waals surface area contributed by atoms with E-state index in [1.165, 1.54) is 107 Å². The van der Waals surface area contributed by atoms with Crippen molar-refractivity contribution in [3.8, 4) is 55.8 Å². The summed E-state index contributed by atoms with van der Waals surface area (Å²) >= 11 is 0. The molecule has 78 heavy (non-hydrogen) atoms. The zero-order chi connectivity index (χ0) is 53.0. The average molecular weight is 1010 g/mol. The first kappa shape index (κ1) is 49.7. The highest BCUT2D eigenvalue weighted by atomic mass is 15.4. The molecule has 0 saturated carbocycles. The Morgan fingerprint density at radius 1 is 0.282 bits per heavy atom. The summed E-state index contributed by atoms with van der Waals surface area (Å²) in [6.45, 7) is 10.5. The molecule has 10 aromatic rings. The third kappa shape index (κ3) is 10.5. The fourth-order valence-corrected chi connectivity index (χ4v) is 11.3. The van der Waals surface area contributed by atoms with Crippen molar-refractivity contribution in [3.05, 3.63) is 294 Å². The maximum absolute atomic E-state index is 5.11. The highest BCUT2D eigenvalue weighted by Gasteiger charge is 2.27. The SMILES string of the molecule is CC1=C(C)N(c2ccc(CCc3cc(CCc4ccc(N5CN(c6ccccc6)C(C)=C5C)cc4)cc(-c4ccccc4-c4ccc(-c5cccc(-c6ccc(-c7ccccc7)cc6)c5)nc4)c3)cc2)CN1c1ccccc1. The Labute approximate surface area is 461 Å². The quantitative estimate of drug-likeness (QED) is 0.102. The van der Waals surface area contributed by atoms with Crippen LogP contribution >= 0.6 is 0 Å². The first-order valence-electron chi connectivity index (χ1n) is 27.5. The van der Waals surface area contributed by atoms with Crippen LogP contribution in [0.5, 0.6) is 0 Å². The molecule has 5 heteroatoms. The molecule has 0 radical (unpaired) electrons. The van der Waals surface area contributed by atoms with Crippen molar-refractivity contribution >= 4 is 22.7 Å². The van der Waals surface area contributed by atoms with Crippen molar-refractivity contribution in [1.29, 1.82) is 0 Å². The number of aryl methyl sites for hydroxylation is 4. The van der Waals surface area contributed by atoms with Crippen molar-refractivity contribution in [1.82, 2.24) is 4.98 Å². The average Bonchev–Trinajstić information content (AvgIpc) is 4.02. The van der Waals surface area contributed by atoms with E-state index >= 15 is 0 Å². The number of nitrogens with zero attached hydrogens (tertiary/aromatic N) is 5. The van der Waals surface area contributed by atoms with Crippen LogP contribution in [0.3, 0.4) is 0 Å². The molecule has 12 rings (SSSR count). The van der Waals surface area contributed by atoms with E-state index < -0.39 is 0 Å². The molecule has 0 saturated heterocycles. The molecule has 1 aromatic heterocycles. The summed E-state index contributed by atoms with van der Waals surface area (Å²) in [4.78, 5) is 14.7. The van der Waals surface area contributed by atoms with Crippen molar-refractivity contribution in [3.63, 3.8) is 0 Å². The Kier molecular flexibility index (Phi) is 14.1. The molecule has 0 bridgehead atoms. The monoisotopic (exact) mass is 1010 g/mol. The molecule has 0 atom stereocenters. The number of rotatable bonds is 15. The third-order valence-corrected chi connectivity index (χ3v) is 16.1. The van der Waals surface area contributed by atoms with Gasteiger partial charge in [-0.2, -0.15) is 0 Å². The number of aromatic nitrogens is 1. The minimum atomic E-state index is 0.810. The van der Waals surface area contributed by atoms with Gasteiger partial charge < -0.3 is 19.6 Å². The van der Waals surface area contributed by atoms with Gasteiger partial charge in [0.15, 0.2) is 0 Å². The Morgan fingerprint density at radius 3 is 1.13 bits per heavy atom. The summed E-state index contributed by atoms with van der Waals surface area (Å²) in [5.41, 5.74) is 27.0. The van der Waals surface area contributed by atoms with Crippen LogP contribution in [0.1, 0.15) is 49.9 Å². The standard InChI is InChI=1S/C73H65N5/c1-52-54(3)77(50-75(52)67-21-10-6-11-22-67)69-40-31-56(32-41-69)27-29-58-45-59(30-28-57-33-42-70(43-34-57)78-51-76(53(2)55(78)4)68-23-12-7-13-24-68)47-66(46-58)72-26-15-14-25-71(72)65-39-44-73(74-49-65)64-20-16-19-63(48-64)62-37-35-61(36-38-62)60-17-8-5-9-18-60/h5-26,31-49H,27-30,50-51H2,1-4H3. The molecule has 382 valence electrons. The van der Waals surface area contributed by atoms with Gasteiger partial charge in [0.05, 0.1) is 19.0 Å². The summed E-state index contributed by atoms with van der Waals surface area (Å²) in [5, 5.41) is 0. The topological polar surface area (TPSA) is 25.9 Å². The third-order valence-electron chi connectivity index (χ3n) is 16.1. The second kappa shape index (κ2) is 22.2. The lowest BCUT2D eigenvalue weighted by Crippen LogP contribution is -2.26. The molecule has 0 amide bonds. The number of benzene rings is 9. The van der Waals surface area contributed by atoms with Gasteiger partial charge in [-0.3, -0.25) is 4.98 Å². The Morgan fingerprint density at radius 2 is 0.654 bits per heavy atom. The van der Waals surface area contributed by atoms with E-state index in [0.717, 1.165) is 55.8 Å². The molecule has 0 fully saturated rings. The molecular formula is C73H65N5. The lowest BCUT2D eigenvalue weighted by Gasteiger charge is -2.24. The molecule has 0 spiro atoms. The maximum Gasteiger partial charge on any atom is 0.0994 e. The largest absolute Gasteiger partial charge is 0.325 e. The Balaban J connectivity index is 0.792. The smallest absolute Gasteiger partial charge is 0.0994 e. The zero-order valence-electron chi connectivity index (χ0n) is 45.2. The lowest BCUT2D eigenvalue weighted by molar-refractivity contribution is 0.922. The summed E-state index contributed by atoms with van der Waals surface area (Å²) in [5.74, 6) is 0. The molecule has 2 aliphatic heterocycles. The predicted molar refractivity (Wildman–Crippen MR) is 328 cm³/mol. The second-order valence-electron chi connectivity index (χ2n) is 20.9. The van der Waals surface area contributed by atoms with E-state index in [0.29, 0.717) is 0 Å². The van der Waals surface area contributed by atoms with Gasteiger partial charge in [-0.25, -0.2) is 0 Å². The molecule has 0 aliphatic carbocycles. The van der Waals surface area contributed by atoms with Gasteiger partial charge in [0.1, 0.15) is 0 Å². The van der Waals surface area contributed by atoms with Crippen molar-refractivity contribution in [2.45, 2.75) is 53.4 Å². The molecular weight excluding hydrogens is 947 g/mol. The van der Waals surface area contributed by atoms with Gasteiger partial charge in [-0.05, 0) is 175 Å².